The molecule has 0 aromatic rings. The van der Waals surface area contributed by atoms with E-state index in [-0.39, 0.29) is 0 Å². The summed E-state index contributed by atoms with van der Waals surface area (Å²) >= 11 is 0. The summed E-state index contributed by atoms with van der Waals surface area (Å²) in [4.78, 5) is 0. The number of rotatable bonds is 1. The first-order valence-electron chi connectivity index (χ1n) is 9.15. The van der Waals surface area contributed by atoms with E-state index in [4.69, 9.17) is 0 Å². The molecule has 0 aliphatic heterocycles. The molecule has 0 radical (unpaired) electrons. The summed E-state index contributed by atoms with van der Waals surface area (Å²) < 4.78 is 0. The zero-order valence-corrected chi connectivity index (χ0v) is 14.2. The summed E-state index contributed by atoms with van der Waals surface area (Å²) in [6.45, 7) is 10.1. The van der Waals surface area contributed by atoms with Gasteiger partial charge in [-0.2, -0.15) is 0 Å². The maximum atomic E-state index is 2.67. The standard InChI is InChI=1S/C20H34/c1-5-15-7-9-16-10-12-18-19(2,3)13-6-14-20(18,4)17(16)11-8-15/h8,16-18H,5-7,9-14H2,1-4H3. The van der Waals surface area contributed by atoms with Gasteiger partial charge in [0.2, 0.25) is 0 Å². The van der Waals surface area contributed by atoms with Gasteiger partial charge in [0.15, 0.2) is 0 Å². The van der Waals surface area contributed by atoms with Crippen LogP contribution in [0.1, 0.15) is 85.5 Å². The van der Waals surface area contributed by atoms with Crippen molar-refractivity contribution >= 4 is 0 Å². The second-order valence-electron chi connectivity index (χ2n) is 8.83. The van der Waals surface area contributed by atoms with Crippen LogP contribution in [0.5, 0.6) is 0 Å². The minimum Gasteiger partial charge on any atom is -0.0850 e. The van der Waals surface area contributed by atoms with Gasteiger partial charge in [-0.05, 0) is 80.0 Å². The second-order valence-corrected chi connectivity index (χ2v) is 8.83. The highest BCUT2D eigenvalue weighted by Crippen LogP contribution is 2.63. The quantitative estimate of drug-likeness (QED) is 0.488. The van der Waals surface area contributed by atoms with Crippen molar-refractivity contribution in [2.45, 2.75) is 85.5 Å². The minimum absolute atomic E-state index is 0.585. The highest BCUT2D eigenvalue weighted by Gasteiger charge is 2.54. The number of fused-ring (bicyclic) bond motifs is 3. The lowest BCUT2D eigenvalue weighted by molar-refractivity contribution is -0.0961. The SMILES string of the molecule is CCC1=CCC2C(CC1)CCC1C(C)(C)CCCC21C. The van der Waals surface area contributed by atoms with Gasteiger partial charge in [0.25, 0.3) is 0 Å². The van der Waals surface area contributed by atoms with E-state index in [1.165, 1.54) is 57.8 Å². The zero-order valence-electron chi connectivity index (χ0n) is 14.2. The van der Waals surface area contributed by atoms with E-state index in [0.29, 0.717) is 10.8 Å². The smallest absolute Gasteiger partial charge is 0.0259 e. The lowest BCUT2D eigenvalue weighted by atomic mass is 9.46. The molecule has 0 N–H and O–H groups in total. The Morgan fingerprint density at radius 1 is 1.10 bits per heavy atom. The minimum atomic E-state index is 0.585. The van der Waals surface area contributed by atoms with Crippen LogP contribution in [0.4, 0.5) is 0 Å². The van der Waals surface area contributed by atoms with Crippen LogP contribution in [-0.2, 0) is 0 Å². The largest absolute Gasteiger partial charge is 0.0850 e. The van der Waals surface area contributed by atoms with Crippen molar-refractivity contribution in [3.05, 3.63) is 11.6 Å². The van der Waals surface area contributed by atoms with Crippen LogP contribution in [0.15, 0.2) is 11.6 Å². The van der Waals surface area contributed by atoms with Crippen molar-refractivity contribution < 1.29 is 0 Å². The van der Waals surface area contributed by atoms with Crippen molar-refractivity contribution in [1.82, 2.24) is 0 Å². The van der Waals surface area contributed by atoms with Gasteiger partial charge in [-0.3, -0.25) is 0 Å². The molecule has 3 rings (SSSR count). The molecule has 3 aliphatic rings. The fourth-order valence-corrected chi connectivity index (χ4v) is 6.35. The van der Waals surface area contributed by atoms with Crippen molar-refractivity contribution in [2.75, 3.05) is 0 Å². The van der Waals surface area contributed by atoms with Gasteiger partial charge < -0.3 is 0 Å². The predicted molar refractivity (Wildman–Crippen MR) is 87.7 cm³/mol. The van der Waals surface area contributed by atoms with Gasteiger partial charge in [0.05, 0.1) is 0 Å². The highest BCUT2D eigenvalue weighted by molar-refractivity contribution is 5.11. The van der Waals surface area contributed by atoms with Crippen LogP contribution in [0, 0.1) is 28.6 Å². The van der Waals surface area contributed by atoms with Gasteiger partial charge in [-0.25, -0.2) is 0 Å². The monoisotopic (exact) mass is 274 g/mol. The third kappa shape index (κ3) is 2.28. The van der Waals surface area contributed by atoms with Crippen LogP contribution in [0.25, 0.3) is 0 Å². The van der Waals surface area contributed by atoms with E-state index in [9.17, 15) is 0 Å². The molecule has 0 nitrogen and oxygen atoms in total. The van der Waals surface area contributed by atoms with E-state index in [1.54, 1.807) is 5.57 Å². The second kappa shape index (κ2) is 5.18. The van der Waals surface area contributed by atoms with E-state index >= 15 is 0 Å². The molecule has 4 atom stereocenters. The third-order valence-corrected chi connectivity index (χ3v) is 7.47. The Morgan fingerprint density at radius 3 is 2.65 bits per heavy atom. The number of hydrogen-bond donors (Lipinski definition) is 0. The van der Waals surface area contributed by atoms with Gasteiger partial charge in [0.1, 0.15) is 0 Å². The fourth-order valence-electron chi connectivity index (χ4n) is 6.35. The summed E-state index contributed by atoms with van der Waals surface area (Å²) in [5.74, 6) is 2.97. The van der Waals surface area contributed by atoms with Crippen LogP contribution in [0.2, 0.25) is 0 Å². The first kappa shape index (κ1) is 14.7. The van der Waals surface area contributed by atoms with E-state index in [1.807, 2.05) is 0 Å². The van der Waals surface area contributed by atoms with Crippen molar-refractivity contribution in [2.24, 2.45) is 28.6 Å². The van der Waals surface area contributed by atoms with Crippen LogP contribution >= 0.6 is 0 Å². The van der Waals surface area contributed by atoms with Gasteiger partial charge >= 0.3 is 0 Å². The molecule has 0 saturated heterocycles. The van der Waals surface area contributed by atoms with Crippen molar-refractivity contribution in [3.8, 4) is 0 Å². The molecule has 0 amide bonds. The van der Waals surface area contributed by atoms with Crippen molar-refractivity contribution in [1.29, 1.82) is 0 Å². The molecule has 0 spiro atoms. The molecular weight excluding hydrogens is 240 g/mol. The third-order valence-electron chi connectivity index (χ3n) is 7.47. The number of allylic oxidation sites excluding steroid dienone is 2. The molecule has 0 aromatic heterocycles. The fraction of sp³-hybridized carbons (Fsp3) is 0.900. The Labute approximate surface area is 126 Å². The number of hydrogen-bond acceptors (Lipinski definition) is 0. The summed E-state index contributed by atoms with van der Waals surface area (Å²) in [5, 5.41) is 0. The maximum absolute atomic E-state index is 2.67. The van der Waals surface area contributed by atoms with Gasteiger partial charge in [-0.15, -0.1) is 0 Å². The molecule has 0 heteroatoms. The van der Waals surface area contributed by atoms with E-state index in [0.717, 1.165) is 17.8 Å². The first-order valence-corrected chi connectivity index (χ1v) is 9.15. The maximum Gasteiger partial charge on any atom is -0.0259 e. The average molecular weight is 274 g/mol. The van der Waals surface area contributed by atoms with Gasteiger partial charge in [0, 0.05) is 0 Å². The Hall–Kier alpha value is -0.260. The first-order chi connectivity index (χ1) is 9.47. The summed E-state index contributed by atoms with van der Waals surface area (Å²) in [6.07, 6.45) is 15.6. The zero-order chi connectivity index (χ0) is 14.4. The molecule has 114 valence electrons. The molecule has 20 heavy (non-hydrogen) atoms. The molecule has 0 heterocycles. The Morgan fingerprint density at radius 2 is 1.90 bits per heavy atom. The summed E-state index contributed by atoms with van der Waals surface area (Å²) in [6, 6.07) is 0. The van der Waals surface area contributed by atoms with Crippen LogP contribution < -0.4 is 0 Å². The Balaban J connectivity index is 1.89. The van der Waals surface area contributed by atoms with Gasteiger partial charge in [-0.1, -0.05) is 45.8 Å². The van der Waals surface area contributed by atoms with E-state index < -0.39 is 0 Å². The molecule has 3 aliphatic carbocycles. The van der Waals surface area contributed by atoms with Crippen LogP contribution in [-0.4, -0.2) is 0 Å². The molecule has 0 bridgehead atoms. The molecular formula is C20H34. The highest BCUT2D eigenvalue weighted by atomic mass is 14.6. The lowest BCUT2D eigenvalue weighted by Gasteiger charge is -2.59. The van der Waals surface area contributed by atoms with Crippen molar-refractivity contribution in [3.63, 3.8) is 0 Å². The summed E-state index contributed by atoms with van der Waals surface area (Å²) in [7, 11) is 0. The molecule has 2 fully saturated rings. The molecule has 2 saturated carbocycles. The lowest BCUT2D eigenvalue weighted by Crippen LogP contribution is -2.51. The topological polar surface area (TPSA) is 0 Å². The van der Waals surface area contributed by atoms with E-state index in [2.05, 4.69) is 33.8 Å². The molecule has 4 unspecified atom stereocenters. The average Bonchev–Trinajstić information content (AvgIpc) is 2.60. The predicted octanol–water partition coefficient (Wildman–Crippen LogP) is 6.37. The summed E-state index contributed by atoms with van der Waals surface area (Å²) in [5.41, 5.74) is 2.96. The Bertz CT molecular complexity index is 389. The normalized spacial score (nSPS) is 44.0. The molecule has 0 aromatic carbocycles. The van der Waals surface area contributed by atoms with Crippen LogP contribution in [0.3, 0.4) is 0 Å². The Kier molecular flexibility index (Phi) is 3.80.